The van der Waals surface area contributed by atoms with Crippen LogP contribution in [0.15, 0.2) is 52.9 Å². The van der Waals surface area contributed by atoms with Crippen LogP contribution in [-0.4, -0.2) is 25.4 Å². The predicted octanol–water partition coefficient (Wildman–Crippen LogP) is 3.16. The van der Waals surface area contributed by atoms with Crippen molar-refractivity contribution >= 4 is 32.6 Å². The summed E-state index contributed by atoms with van der Waals surface area (Å²) in [6.45, 7) is 0. The third kappa shape index (κ3) is 3.65. The summed E-state index contributed by atoms with van der Waals surface area (Å²) in [5.41, 5.74) is 3.35. The highest BCUT2D eigenvalue weighted by Crippen LogP contribution is 2.22. The van der Waals surface area contributed by atoms with Gasteiger partial charge in [0.15, 0.2) is 5.58 Å². The van der Waals surface area contributed by atoms with Crippen LogP contribution in [0.1, 0.15) is 5.56 Å². The van der Waals surface area contributed by atoms with Gasteiger partial charge >= 0.3 is 0 Å². The van der Waals surface area contributed by atoms with E-state index in [2.05, 4.69) is 10.3 Å². The summed E-state index contributed by atoms with van der Waals surface area (Å²) in [6.07, 6.45) is 1.76. The number of hydrogen-bond donors (Lipinski definition) is 1. The lowest BCUT2D eigenvalue weighted by Crippen LogP contribution is -2.05. The third-order valence-corrected chi connectivity index (χ3v) is 4.21. The molecule has 22 heavy (non-hydrogen) atoms. The van der Waals surface area contributed by atoms with Crippen molar-refractivity contribution in [3.8, 4) is 0 Å². The van der Waals surface area contributed by atoms with Crippen LogP contribution in [0, 0.1) is 0 Å². The van der Waals surface area contributed by atoms with E-state index in [4.69, 9.17) is 4.42 Å². The summed E-state index contributed by atoms with van der Waals surface area (Å²) in [6, 6.07) is 15.6. The molecule has 0 aliphatic rings. The number of rotatable bonds is 5. The van der Waals surface area contributed by atoms with E-state index < -0.39 is 9.84 Å². The van der Waals surface area contributed by atoms with E-state index >= 15 is 0 Å². The van der Waals surface area contributed by atoms with E-state index in [1.54, 1.807) is 0 Å². The standard InChI is InChI=1S/C16H16N2O3S/c1-22(19,20)11-10-12-6-8-13(9-7-12)17-16-18-14-4-2-3-5-15(14)21-16/h2-9H,10-11H2,1H3,(H,17,18). The second-order valence-electron chi connectivity index (χ2n) is 5.19. The van der Waals surface area contributed by atoms with Crippen molar-refractivity contribution in [2.24, 2.45) is 0 Å². The van der Waals surface area contributed by atoms with E-state index in [-0.39, 0.29) is 5.75 Å². The molecule has 2 aromatic carbocycles. The molecule has 6 heteroatoms. The van der Waals surface area contributed by atoms with Gasteiger partial charge in [-0.1, -0.05) is 24.3 Å². The molecule has 0 spiro atoms. The summed E-state index contributed by atoms with van der Waals surface area (Å²) < 4.78 is 27.9. The van der Waals surface area contributed by atoms with Crippen LogP contribution in [-0.2, 0) is 16.3 Å². The maximum atomic E-state index is 11.2. The summed E-state index contributed by atoms with van der Waals surface area (Å²) in [5, 5.41) is 3.10. The van der Waals surface area contributed by atoms with Gasteiger partial charge in [-0.05, 0) is 36.2 Å². The molecule has 5 nitrogen and oxygen atoms in total. The molecule has 0 amide bonds. The maximum absolute atomic E-state index is 11.2. The first kappa shape index (κ1) is 14.6. The number of aromatic nitrogens is 1. The molecule has 3 rings (SSSR count). The van der Waals surface area contributed by atoms with Gasteiger partial charge in [-0.2, -0.15) is 4.98 Å². The fourth-order valence-electron chi connectivity index (χ4n) is 2.11. The van der Waals surface area contributed by atoms with Gasteiger partial charge in [-0.25, -0.2) is 8.42 Å². The summed E-state index contributed by atoms with van der Waals surface area (Å²) in [5.74, 6) is 0.158. The lowest BCUT2D eigenvalue weighted by atomic mass is 10.1. The fourth-order valence-corrected chi connectivity index (χ4v) is 2.71. The predicted molar refractivity (Wildman–Crippen MR) is 87.1 cm³/mol. The molecule has 0 saturated heterocycles. The molecule has 0 fully saturated rings. The quantitative estimate of drug-likeness (QED) is 0.783. The summed E-state index contributed by atoms with van der Waals surface area (Å²) in [7, 11) is -2.94. The molecule has 0 bridgehead atoms. The summed E-state index contributed by atoms with van der Waals surface area (Å²) in [4.78, 5) is 4.34. The molecule has 114 valence electrons. The monoisotopic (exact) mass is 316 g/mol. The Kier molecular flexibility index (Phi) is 3.85. The molecule has 3 aromatic rings. The van der Waals surface area contributed by atoms with E-state index in [0.717, 1.165) is 22.4 Å². The molecular formula is C16H16N2O3S. The van der Waals surface area contributed by atoms with Gasteiger partial charge < -0.3 is 9.73 Å². The first-order valence-electron chi connectivity index (χ1n) is 6.89. The highest BCUT2D eigenvalue weighted by Gasteiger charge is 2.06. The van der Waals surface area contributed by atoms with Gasteiger partial charge in [-0.15, -0.1) is 0 Å². The van der Waals surface area contributed by atoms with Crippen LogP contribution in [0.4, 0.5) is 11.7 Å². The number of para-hydroxylation sites is 2. The number of hydrogen-bond acceptors (Lipinski definition) is 5. The average Bonchev–Trinajstić information content (AvgIpc) is 2.88. The lowest BCUT2D eigenvalue weighted by molar-refractivity contribution is 0.601. The average molecular weight is 316 g/mol. The van der Waals surface area contributed by atoms with Crippen molar-refractivity contribution in [3.05, 3.63) is 54.1 Å². The van der Waals surface area contributed by atoms with E-state index in [1.807, 2.05) is 48.5 Å². The van der Waals surface area contributed by atoms with Gasteiger partial charge in [0, 0.05) is 11.9 Å². The molecule has 0 aliphatic carbocycles. The smallest absolute Gasteiger partial charge is 0.300 e. The Labute approximate surface area is 128 Å². The van der Waals surface area contributed by atoms with Gasteiger partial charge in [0.2, 0.25) is 0 Å². The fraction of sp³-hybridized carbons (Fsp3) is 0.188. The molecular weight excluding hydrogens is 300 g/mol. The zero-order valence-corrected chi connectivity index (χ0v) is 12.9. The zero-order chi connectivity index (χ0) is 15.6. The largest absolute Gasteiger partial charge is 0.423 e. The van der Waals surface area contributed by atoms with Crippen molar-refractivity contribution in [3.63, 3.8) is 0 Å². The van der Waals surface area contributed by atoms with Crippen LogP contribution in [0.25, 0.3) is 11.1 Å². The van der Waals surface area contributed by atoms with Crippen LogP contribution < -0.4 is 5.32 Å². The van der Waals surface area contributed by atoms with Crippen LogP contribution >= 0.6 is 0 Å². The minimum absolute atomic E-state index is 0.158. The molecule has 1 aromatic heterocycles. The maximum Gasteiger partial charge on any atom is 0.300 e. The Bertz CT molecular complexity index is 850. The molecule has 0 unspecified atom stereocenters. The molecule has 1 N–H and O–H groups in total. The van der Waals surface area contributed by atoms with Crippen LogP contribution in [0.3, 0.4) is 0 Å². The number of anilines is 2. The Hall–Kier alpha value is -2.34. The first-order chi connectivity index (χ1) is 10.5. The van der Waals surface area contributed by atoms with Crippen LogP contribution in [0.5, 0.6) is 0 Å². The molecule has 0 atom stereocenters. The highest BCUT2D eigenvalue weighted by molar-refractivity contribution is 7.90. The Morgan fingerprint density at radius 2 is 1.82 bits per heavy atom. The van der Waals surface area contributed by atoms with Crippen molar-refractivity contribution in [2.75, 3.05) is 17.3 Å². The molecule has 0 radical (unpaired) electrons. The van der Waals surface area contributed by atoms with E-state index in [9.17, 15) is 8.42 Å². The van der Waals surface area contributed by atoms with Crippen LogP contribution in [0.2, 0.25) is 0 Å². The molecule has 0 saturated carbocycles. The normalized spacial score (nSPS) is 11.7. The van der Waals surface area contributed by atoms with Gasteiger partial charge in [0.1, 0.15) is 15.4 Å². The number of oxazole rings is 1. The second kappa shape index (κ2) is 5.81. The molecule has 1 heterocycles. The number of nitrogens with zero attached hydrogens (tertiary/aromatic N) is 1. The number of nitrogens with one attached hydrogen (secondary N) is 1. The Morgan fingerprint density at radius 3 is 2.50 bits per heavy atom. The van der Waals surface area contributed by atoms with Crippen molar-refractivity contribution in [2.45, 2.75) is 6.42 Å². The minimum Gasteiger partial charge on any atom is -0.423 e. The number of benzene rings is 2. The Morgan fingerprint density at radius 1 is 1.09 bits per heavy atom. The minimum atomic E-state index is -2.94. The van der Waals surface area contributed by atoms with Crippen molar-refractivity contribution in [1.29, 1.82) is 0 Å². The Balaban J connectivity index is 1.70. The van der Waals surface area contributed by atoms with E-state index in [1.165, 1.54) is 6.26 Å². The highest BCUT2D eigenvalue weighted by atomic mass is 32.2. The zero-order valence-electron chi connectivity index (χ0n) is 12.1. The molecule has 0 aliphatic heterocycles. The topological polar surface area (TPSA) is 72.2 Å². The lowest BCUT2D eigenvalue weighted by Gasteiger charge is -2.04. The number of fused-ring (bicyclic) bond motifs is 1. The first-order valence-corrected chi connectivity index (χ1v) is 8.95. The summed E-state index contributed by atoms with van der Waals surface area (Å²) >= 11 is 0. The number of sulfone groups is 1. The second-order valence-corrected chi connectivity index (χ2v) is 7.45. The van der Waals surface area contributed by atoms with Crippen molar-refractivity contribution in [1.82, 2.24) is 4.98 Å². The van der Waals surface area contributed by atoms with Crippen molar-refractivity contribution < 1.29 is 12.8 Å². The van der Waals surface area contributed by atoms with Gasteiger partial charge in [0.25, 0.3) is 6.01 Å². The third-order valence-electron chi connectivity index (χ3n) is 3.26. The van der Waals surface area contributed by atoms with Gasteiger partial charge in [0.05, 0.1) is 5.75 Å². The SMILES string of the molecule is CS(=O)(=O)CCc1ccc(Nc2nc3ccccc3o2)cc1. The number of aryl methyl sites for hydroxylation is 1. The van der Waals surface area contributed by atoms with E-state index in [0.29, 0.717) is 12.4 Å². The van der Waals surface area contributed by atoms with Gasteiger partial charge in [-0.3, -0.25) is 0 Å².